The molecule has 2 rings (SSSR count). The lowest BCUT2D eigenvalue weighted by atomic mass is 10.00. The van der Waals surface area contributed by atoms with Gasteiger partial charge in [-0.2, -0.15) is 0 Å². The standard InChI is InChI=1S/C12H19N3O/c1-14-11(8-9-4-3-7-16-9)10-5-2-6-15-12(10)13/h2,5-6,9,11,14H,3-4,7-8H2,1H3,(H2,13,15). The molecule has 1 fully saturated rings. The number of pyridine rings is 1. The number of hydrogen-bond donors (Lipinski definition) is 2. The van der Waals surface area contributed by atoms with E-state index in [0.717, 1.165) is 25.0 Å². The van der Waals surface area contributed by atoms with Crippen LogP contribution in [0.3, 0.4) is 0 Å². The van der Waals surface area contributed by atoms with E-state index in [0.29, 0.717) is 11.9 Å². The first kappa shape index (κ1) is 11.4. The summed E-state index contributed by atoms with van der Waals surface area (Å²) >= 11 is 0. The first-order chi connectivity index (χ1) is 7.81. The van der Waals surface area contributed by atoms with Crippen molar-refractivity contribution in [2.24, 2.45) is 0 Å². The van der Waals surface area contributed by atoms with E-state index in [4.69, 9.17) is 10.5 Å². The summed E-state index contributed by atoms with van der Waals surface area (Å²) in [6, 6.07) is 4.18. The highest BCUT2D eigenvalue weighted by Crippen LogP contribution is 2.26. The summed E-state index contributed by atoms with van der Waals surface area (Å²) in [5, 5.41) is 3.29. The highest BCUT2D eigenvalue weighted by molar-refractivity contribution is 5.40. The van der Waals surface area contributed by atoms with E-state index in [1.165, 1.54) is 6.42 Å². The van der Waals surface area contributed by atoms with Crippen LogP contribution in [0.25, 0.3) is 0 Å². The van der Waals surface area contributed by atoms with Gasteiger partial charge in [0.25, 0.3) is 0 Å². The maximum Gasteiger partial charge on any atom is 0.128 e. The lowest BCUT2D eigenvalue weighted by Crippen LogP contribution is -2.23. The number of nitrogens with one attached hydrogen (secondary N) is 1. The molecule has 0 bridgehead atoms. The third kappa shape index (κ3) is 2.51. The number of anilines is 1. The Kier molecular flexibility index (Phi) is 3.74. The molecule has 0 spiro atoms. The molecule has 1 aliphatic rings. The predicted octanol–water partition coefficient (Wildman–Crippen LogP) is 1.49. The summed E-state index contributed by atoms with van der Waals surface area (Å²) < 4.78 is 5.65. The smallest absolute Gasteiger partial charge is 0.128 e. The zero-order valence-corrected chi connectivity index (χ0v) is 9.65. The van der Waals surface area contributed by atoms with Crippen molar-refractivity contribution in [3.8, 4) is 0 Å². The molecule has 0 saturated carbocycles. The van der Waals surface area contributed by atoms with Crippen LogP contribution >= 0.6 is 0 Å². The van der Waals surface area contributed by atoms with Gasteiger partial charge in [-0.15, -0.1) is 0 Å². The van der Waals surface area contributed by atoms with Crippen molar-refractivity contribution in [3.63, 3.8) is 0 Å². The van der Waals surface area contributed by atoms with E-state index in [1.807, 2.05) is 19.2 Å². The Morgan fingerprint density at radius 2 is 2.56 bits per heavy atom. The maximum atomic E-state index is 5.88. The summed E-state index contributed by atoms with van der Waals surface area (Å²) in [5.41, 5.74) is 6.95. The third-order valence-corrected chi connectivity index (χ3v) is 3.12. The van der Waals surface area contributed by atoms with Gasteiger partial charge in [-0.05, 0) is 32.4 Å². The maximum absolute atomic E-state index is 5.88. The highest BCUT2D eigenvalue weighted by Gasteiger charge is 2.22. The van der Waals surface area contributed by atoms with Gasteiger partial charge in [-0.1, -0.05) is 6.07 Å². The molecule has 88 valence electrons. The monoisotopic (exact) mass is 221 g/mol. The minimum Gasteiger partial charge on any atom is -0.383 e. The van der Waals surface area contributed by atoms with Crippen molar-refractivity contribution in [1.82, 2.24) is 10.3 Å². The minimum atomic E-state index is 0.233. The van der Waals surface area contributed by atoms with Crippen molar-refractivity contribution < 1.29 is 4.74 Å². The molecule has 2 unspecified atom stereocenters. The van der Waals surface area contributed by atoms with Crippen molar-refractivity contribution in [1.29, 1.82) is 0 Å². The number of rotatable bonds is 4. The molecule has 2 heterocycles. The second-order valence-corrected chi connectivity index (χ2v) is 4.19. The topological polar surface area (TPSA) is 60.2 Å². The average molecular weight is 221 g/mol. The largest absolute Gasteiger partial charge is 0.383 e. The molecule has 3 N–H and O–H groups in total. The van der Waals surface area contributed by atoms with Gasteiger partial charge in [0.1, 0.15) is 5.82 Å². The fraction of sp³-hybridized carbons (Fsp3) is 0.583. The molecule has 16 heavy (non-hydrogen) atoms. The van der Waals surface area contributed by atoms with Gasteiger partial charge < -0.3 is 15.8 Å². The number of aromatic nitrogens is 1. The van der Waals surface area contributed by atoms with E-state index in [2.05, 4.69) is 10.3 Å². The number of nitrogen functional groups attached to an aromatic ring is 1. The number of nitrogens with two attached hydrogens (primary N) is 1. The molecule has 0 aromatic carbocycles. The molecule has 4 heteroatoms. The molecule has 1 aromatic heterocycles. The summed E-state index contributed by atoms with van der Waals surface area (Å²) in [6.45, 7) is 0.892. The van der Waals surface area contributed by atoms with Crippen LogP contribution in [0.1, 0.15) is 30.9 Å². The lowest BCUT2D eigenvalue weighted by Gasteiger charge is -2.20. The summed E-state index contributed by atoms with van der Waals surface area (Å²) in [4.78, 5) is 4.12. The molecule has 4 nitrogen and oxygen atoms in total. The number of nitrogens with zero attached hydrogens (tertiary/aromatic N) is 1. The van der Waals surface area contributed by atoms with Crippen LogP contribution in [-0.2, 0) is 4.74 Å². The Hall–Kier alpha value is -1.13. The zero-order chi connectivity index (χ0) is 11.4. The van der Waals surface area contributed by atoms with Gasteiger partial charge >= 0.3 is 0 Å². The van der Waals surface area contributed by atoms with Crippen molar-refractivity contribution in [2.75, 3.05) is 19.4 Å². The van der Waals surface area contributed by atoms with E-state index in [-0.39, 0.29) is 6.04 Å². The van der Waals surface area contributed by atoms with Crippen molar-refractivity contribution >= 4 is 5.82 Å². The Bertz CT molecular complexity index is 337. The van der Waals surface area contributed by atoms with Gasteiger partial charge in [0.15, 0.2) is 0 Å². The summed E-state index contributed by atoms with van der Waals surface area (Å²) in [6.07, 6.45) is 5.36. The van der Waals surface area contributed by atoms with Crippen molar-refractivity contribution in [2.45, 2.75) is 31.4 Å². The van der Waals surface area contributed by atoms with Crippen LogP contribution in [0.15, 0.2) is 18.3 Å². The third-order valence-electron chi connectivity index (χ3n) is 3.12. The molecular formula is C12H19N3O. The quantitative estimate of drug-likeness (QED) is 0.808. The van der Waals surface area contributed by atoms with Gasteiger partial charge in [0.05, 0.1) is 6.10 Å². The van der Waals surface area contributed by atoms with Crippen LogP contribution in [-0.4, -0.2) is 24.7 Å². The van der Waals surface area contributed by atoms with Crippen LogP contribution in [0, 0.1) is 0 Å². The van der Waals surface area contributed by atoms with E-state index in [9.17, 15) is 0 Å². The molecule has 2 atom stereocenters. The van der Waals surface area contributed by atoms with Gasteiger partial charge in [0.2, 0.25) is 0 Å². The number of ether oxygens (including phenoxy) is 1. The summed E-state index contributed by atoms with van der Waals surface area (Å²) in [7, 11) is 1.95. The second-order valence-electron chi connectivity index (χ2n) is 4.19. The fourth-order valence-electron chi connectivity index (χ4n) is 2.22. The predicted molar refractivity (Wildman–Crippen MR) is 64.0 cm³/mol. The van der Waals surface area contributed by atoms with Gasteiger partial charge in [0, 0.05) is 24.4 Å². The molecule has 1 aliphatic heterocycles. The van der Waals surface area contributed by atoms with Gasteiger partial charge in [-0.25, -0.2) is 4.98 Å². The van der Waals surface area contributed by atoms with E-state index in [1.54, 1.807) is 6.20 Å². The van der Waals surface area contributed by atoms with E-state index >= 15 is 0 Å². The average Bonchev–Trinajstić information content (AvgIpc) is 2.80. The fourth-order valence-corrected chi connectivity index (χ4v) is 2.22. The molecule has 0 amide bonds. The highest BCUT2D eigenvalue weighted by atomic mass is 16.5. The summed E-state index contributed by atoms with van der Waals surface area (Å²) in [5.74, 6) is 0.611. The van der Waals surface area contributed by atoms with Crippen LogP contribution in [0.2, 0.25) is 0 Å². The Morgan fingerprint density at radius 3 is 3.19 bits per heavy atom. The normalized spacial score (nSPS) is 22.2. The first-order valence-electron chi connectivity index (χ1n) is 5.80. The molecule has 0 aliphatic carbocycles. The Labute approximate surface area is 96.2 Å². The van der Waals surface area contributed by atoms with E-state index < -0.39 is 0 Å². The van der Waals surface area contributed by atoms with Crippen LogP contribution in [0.4, 0.5) is 5.82 Å². The van der Waals surface area contributed by atoms with Crippen LogP contribution < -0.4 is 11.1 Å². The first-order valence-corrected chi connectivity index (χ1v) is 5.80. The Morgan fingerprint density at radius 1 is 1.69 bits per heavy atom. The number of hydrogen-bond acceptors (Lipinski definition) is 4. The minimum absolute atomic E-state index is 0.233. The molecule has 1 saturated heterocycles. The molecular weight excluding hydrogens is 202 g/mol. The second kappa shape index (κ2) is 5.27. The lowest BCUT2D eigenvalue weighted by molar-refractivity contribution is 0.0954. The van der Waals surface area contributed by atoms with Gasteiger partial charge in [-0.3, -0.25) is 0 Å². The SMILES string of the molecule is CNC(CC1CCCO1)c1cccnc1N. The van der Waals surface area contributed by atoms with Crippen molar-refractivity contribution in [3.05, 3.63) is 23.9 Å². The van der Waals surface area contributed by atoms with Crippen LogP contribution in [0.5, 0.6) is 0 Å². The zero-order valence-electron chi connectivity index (χ0n) is 9.65. The molecule has 0 radical (unpaired) electrons. The Balaban J connectivity index is 2.06. The molecule has 1 aromatic rings.